The van der Waals surface area contributed by atoms with E-state index in [9.17, 15) is 9.59 Å². The molecule has 28 heavy (non-hydrogen) atoms. The number of hydrogen-bond acceptors (Lipinski definition) is 6. The first kappa shape index (κ1) is 18.6. The van der Waals surface area contributed by atoms with E-state index in [-0.39, 0.29) is 23.9 Å². The van der Waals surface area contributed by atoms with E-state index in [0.717, 1.165) is 16.1 Å². The summed E-state index contributed by atoms with van der Waals surface area (Å²) in [4.78, 5) is 32.1. The lowest BCUT2D eigenvalue weighted by Gasteiger charge is -2.26. The Morgan fingerprint density at radius 3 is 2.93 bits per heavy atom. The monoisotopic (exact) mass is 416 g/mol. The van der Waals surface area contributed by atoms with E-state index >= 15 is 0 Å². The van der Waals surface area contributed by atoms with Gasteiger partial charge in [-0.25, -0.2) is 4.98 Å². The first-order valence-corrected chi connectivity index (χ1v) is 9.93. The molecule has 144 valence electrons. The van der Waals surface area contributed by atoms with Gasteiger partial charge in [0.05, 0.1) is 18.7 Å². The van der Waals surface area contributed by atoms with Crippen molar-refractivity contribution in [2.45, 2.75) is 26.3 Å². The molecule has 0 bridgehead atoms. The number of hydrogen-bond donors (Lipinski definition) is 1. The second kappa shape index (κ2) is 7.73. The first-order chi connectivity index (χ1) is 13.5. The van der Waals surface area contributed by atoms with E-state index in [1.165, 1.54) is 11.3 Å². The standard InChI is InChI=1S/C19H17ClN4O3S/c1-11-8-15(23-27-11)18(26)22-19-21-14-6-7-24(10-16(14)28-19)17(25)9-12-4-2-3-5-13(12)20/h2-5,8H,6-7,9-10H2,1H3,(H,21,22,26). The lowest BCUT2D eigenvalue weighted by Crippen LogP contribution is -2.36. The summed E-state index contributed by atoms with van der Waals surface area (Å²) in [5.41, 5.74) is 1.95. The Morgan fingerprint density at radius 1 is 1.36 bits per heavy atom. The third kappa shape index (κ3) is 3.93. The van der Waals surface area contributed by atoms with Crippen molar-refractivity contribution in [3.05, 3.63) is 62.9 Å². The quantitative estimate of drug-likeness (QED) is 0.703. The number of nitrogens with one attached hydrogen (secondary N) is 1. The molecule has 0 saturated carbocycles. The van der Waals surface area contributed by atoms with Crippen molar-refractivity contribution < 1.29 is 14.1 Å². The van der Waals surface area contributed by atoms with Crippen LogP contribution in [-0.2, 0) is 24.2 Å². The molecule has 2 aromatic heterocycles. The van der Waals surface area contributed by atoms with Crippen LogP contribution in [0.4, 0.5) is 5.13 Å². The normalized spacial score (nSPS) is 13.3. The highest BCUT2D eigenvalue weighted by Gasteiger charge is 2.25. The van der Waals surface area contributed by atoms with Crippen molar-refractivity contribution in [3.63, 3.8) is 0 Å². The number of fused-ring (bicyclic) bond motifs is 1. The van der Waals surface area contributed by atoms with Crippen LogP contribution < -0.4 is 5.32 Å². The molecule has 0 fully saturated rings. The second-order valence-electron chi connectivity index (χ2n) is 6.50. The molecule has 0 radical (unpaired) electrons. The van der Waals surface area contributed by atoms with Crippen molar-refractivity contribution in [2.75, 3.05) is 11.9 Å². The van der Waals surface area contributed by atoms with Crippen LogP contribution in [0.1, 0.15) is 32.4 Å². The molecule has 3 aromatic rings. The number of aromatic nitrogens is 2. The van der Waals surface area contributed by atoms with E-state index in [1.807, 2.05) is 18.2 Å². The Hall–Kier alpha value is -2.71. The summed E-state index contributed by atoms with van der Waals surface area (Å²) in [6.07, 6.45) is 0.919. The summed E-state index contributed by atoms with van der Waals surface area (Å²) in [6.45, 7) is 2.80. The molecule has 1 aliphatic rings. The molecule has 4 rings (SSSR count). The van der Waals surface area contributed by atoms with Gasteiger partial charge in [0.1, 0.15) is 5.76 Å². The number of anilines is 1. The average Bonchev–Trinajstić information content (AvgIpc) is 3.28. The number of rotatable bonds is 4. The zero-order chi connectivity index (χ0) is 19.7. The number of carbonyl (C=O) groups is 2. The molecule has 1 N–H and O–H groups in total. The third-order valence-corrected chi connectivity index (χ3v) is 5.83. The Bertz CT molecular complexity index is 1050. The fourth-order valence-corrected chi connectivity index (χ4v) is 4.23. The first-order valence-electron chi connectivity index (χ1n) is 8.74. The number of halogens is 1. The van der Waals surface area contributed by atoms with Crippen LogP contribution in [0.25, 0.3) is 0 Å². The van der Waals surface area contributed by atoms with Gasteiger partial charge < -0.3 is 9.42 Å². The summed E-state index contributed by atoms with van der Waals surface area (Å²) in [6, 6.07) is 8.93. The van der Waals surface area contributed by atoms with Crippen LogP contribution in [0.2, 0.25) is 5.02 Å². The minimum Gasteiger partial charge on any atom is -0.361 e. The minimum atomic E-state index is -0.366. The molecule has 0 saturated heterocycles. The van der Waals surface area contributed by atoms with E-state index < -0.39 is 0 Å². The Morgan fingerprint density at radius 2 is 2.18 bits per heavy atom. The third-order valence-electron chi connectivity index (χ3n) is 4.46. The highest BCUT2D eigenvalue weighted by atomic mass is 35.5. The van der Waals surface area contributed by atoms with Gasteiger partial charge in [0.2, 0.25) is 5.91 Å². The van der Waals surface area contributed by atoms with Crippen LogP contribution >= 0.6 is 22.9 Å². The maximum absolute atomic E-state index is 12.7. The van der Waals surface area contributed by atoms with Gasteiger partial charge in [-0.2, -0.15) is 0 Å². The number of benzene rings is 1. The van der Waals surface area contributed by atoms with Gasteiger partial charge in [0, 0.05) is 28.9 Å². The van der Waals surface area contributed by atoms with Crippen LogP contribution in [-0.4, -0.2) is 33.4 Å². The summed E-state index contributed by atoms with van der Waals surface area (Å²) >= 11 is 7.54. The summed E-state index contributed by atoms with van der Waals surface area (Å²) in [5.74, 6) is 0.224. The average molecular weight is 417 g/mol. The Balaban J connectivity index is 1.42. The van der Waals surface area contributed by atoms with Gasteiger partial charge in [0.15, 0.2) is 10.8 Å². The van der Waals surface area contributed by atoms with Crippen LogP contribution in [0.3, 0.4) is 0 Å². The molecule has 1 aliphatic heterocycles. The van der Waals surface area contributed by atoms with Crippen LogP contribution in [0, 0.1) is 6.92 Å². The van der Waals surface area contributed by atoms with E-state index in [4.69, 9.17) is 16.1 Å². The van der Waals surface area contributed by atoms with Gasteiger partial charge in [0.25, 0.3) is 5.91 Å². The highest BCUT2D eigenvalue weighted by molar-refractivity contribution is 7.15. The maximum atomic E-state index is 12.7. The van der Waals surface area contributed by atoms with Crippen molar-refractivity contribution in [3.8, 4) is 0 Å². The largest absolute Gasteiger partial charge is 0.361 e. The SMILES string of the molecule is Cc1cc(C(=O)Nc2nc3c(s2)CN(C(=O)Cc2ccccc2Cl)CC3)no1. The van der Waals surface area contributed by atoms with Crippen molar-refractivity contribution in [1.29, 1.82) is 0 Å². The molecule has 0 aliphatic carbocycles. The van der Waals surface area contributed by atoms with Gasteiger partial charge in [-0.15, -0.1) is 0 Å². The molecule has 3 heterocycles. The number of thiazole rings is 1. The molecule has 1 aromatic carbocycles. The molecule has 7 nitrogen and oxygen atoms in total. The zero-order valence-electron chi connectivity index (χ0n) is 15.1. The summed E-state index contributed by atoms with van der Waals surface area (Å²) in [5, 5.41) is 7.54. The molecular weight excluding hydrogens is 400 g/mol. The molecular formula is C19H17ClN4O3S. The van der Waals surface area contributed by atoms with Crippen molar-refractivity contribution >= 4 is 39.9 Å². The molecule has 0 spiro atoms. The van der Waals surface area contributed by atoms with Gasteiger partial charge in [-0.1, -0.05) is 46.3 Å². The summed E-state index contributed by atoms with van der Waals surface area (Å²) < 4.78 is 4.92. The Kier molecular flexibility index (Phi) is 5.15. The lowest BCUT2D eigenvalue weighted by atomic mass is 10.1. The molecule has 9 heteroatoms. The predicted molar refractivity (Wildman–Crippen MR) is 106 cm³/mol. The molecule has 2 amide bonds. The van der Waals surface area contributed by atoms with E-state index in [2.05, 4.69) is 15.5 Å². The van der Waals surface area contributed by atoms with Crippen molar-refractivity contribution in [2.24, 2.45) is 0 Å². The highest BCUT2D eigenvalue weighted by Crippen LogP contribution is 2.29. The number of carbonyl (C=O) groups excluding carboxylic acids is 2. The van der Waals surface area contributed by atoms with E-state index in [0.29, 0.717) is 35.4 Å². The predicted octanol–water partition coefficient (Wildman–Crippen LogP) is 3.47. The summed E-state index contributed by atoms with van der Waals surface area (Å²) in [7, 11) is 0. The fourth-order valence-electron chi connectivity index (χ4n) is 3.01. The van der Waals surface area contributed by atoms with E-state index in [1.54, 1.807) is 24.0 Å². The second-order valence-corrected chi connectivity index (χ2v) is 7.99. The molecule has 0 atom stereocenters. The zero-order valence-corrected chi connectivity index (χ0v) is 16.6. The molecule has 0 unspecified atom stereocenters. The number of aryl methyl sites for hydroxylation is 1. The number of nitrogens with zero attached hydrogens (tertiary/aromatic N) is 3. The van der Waals surface area contributed by atoms with Crippen LogP contribution in [0.5, 0.6) is 0 Å². The van der Waals surface area contributed by atoms with Gasteiger partial charge >= 0.3 is 0 Å². The Labute approximate surface area is 170 Å². The van der Waals surface area contributed by atoms with Gasteiger partial charge in [-0.3, -0.25) is 14.9 Å². The maximum Gasteiger partial charge on any atom is 0.279 e. The van der Waals surface area contributed by atoms with Crippen LogP contribution in [0.15, 0.2) is 34.9 Å². The smallest absolute Gasteiger partial charge is 0.279 e. The van der Waals surface area contributed by atoms with Crippen molar-refractivity contribution in [1.82, 2.24) is 15.0 Å². The lowest BCUT2D eigenvalue weighted by molar-refractivity contribution is -0.131. The number of amides is 2. The minimum absolute atomic E-state index is 0.0239. The van der Waals surface area contributed by atoms with Gasteiger partial charge in [-0.05, 0) is 18.6 Å². The fraction of sp³-hybridized carbons (Fsp3) is 0.263. The topological polar surface area (TPSA) is 88.3 Å².